The first kappa shape index (κ1) is 23.9. The fraction of sp³-hybridized carbons (Fsp3) is 0.524. The minimum Gasteiger partial charge on any atom is -0.481 e. The molecule has 0 saturated carbocycles. The second-order valence-corrected chi connectivity index (χ2v) is 8.10. The lowest BCUT2D eigenvalue weighted by Gasteiger charge is -2.39. The van der Waals surface area contributed by atoms with E-state index in [0.29, 0.717) is 24.4 Å². The normalized spacial score (nSPS) is 20.0. The first-order valence-electron chi connectivity index (χ1n) is 9.96. The number of guanidine groups is 1. The molecule has 0 bridgehead atoms. The van der Waals surface area contributed by atoms with Crippen molar-refractivity contribution in [2.24, 2.45) is 10.9 Å². The number of nitrogens with zero attached hydrogens (tertiary/aromatic N) is 3. The predicted octanol–water partition coefficient (Wildman–Crippen LogP) is 3.91. The van der Waals surface area contributed by atoms with Gasteiger partial charge in [0.05, 0.1) is 13.7 Å². The molecule has 1 fully saturated rings. The number of rotatable bonds is 7. The van der Waals surface area contributed by atoms with Crippen LogP contribution in [0, 0.1) is 5.92 Å². The number of aliphatic imine (C=N–C) groups is 1. The SMILES string of the molecule is CCNC(=NCc1ccnc(OC)c1)NCC1CCCN(C)C1c1cccs1.I. The van der Waals surface area contributed by atoms with Crippen molar-refractivity contribution >= 4 is 41.3 Å². The Kier molecular flexibility index (Phi) is 10.2. The zero-order valence-electron chi connectivity index (χ0n) is 17.4. The molecule has 0 radical (unpaired) electrons. The summed E-state index contributed by atoms with van der Waals surface area (Å²) in [5.74, 6) is 2.05. The first-order valence-corrected chi connectivity index (χ1v) is 10.8. The fourth-order valence-corrected chi connectivity index (χ4v) is 4.77. The predicted molar refractivity (Wildman–Crippen MR) is 131 cm³/mol. The van der Waals surface area contributed by atoms with Crippen LogP contribution in [-0.4, -0.2) is 49.6 Å². The number of aromatic nitrogens is 1. The molecular weight excluding hydrogens is 497 g/mol. The fourth-order valence-electron chi connectivity index (χ4n) is 3.78. The van der Waals surface area contributed by atoms with Crippen LogP contribution < -0.4 is 15.4 Å². The van der Waals surface area contributed by atoms with E-state index in [1.54, 1.807) is 13.3 Å². The van der Waals surface area contributed by atoms with Crippen molar-refractivity contribution in [3.63, 3.8) is 0 Å². The van der Waals surface area contributed by atoms with Gasteiger partial charge in [-0.05, 0) is 62.4 Å². The second-order valence-electron chi connectivity index (χ2n) is 7.13. The zero-order chi connectivity index (χ0) is 19.8. The van der Waals surface area contributed by atoms with E-state index in [-0.39, 0.29) is 24.0 Å². The molecule has 29 heavy (non-hydrogen) atoms. The molecule has 3 heterocycles. The second kappa shape index (κ2) is 12.3. The lowest BCUT2D eigenvalue weighted by atomic mass is 9.88. The third-order valence-corrected chi connectivity index (χ3v) is 6.09. The van der Waals surface area contributed by atoms with Gasteiger partial charge in [0.1, 0.15) is 0 Å². The van der Waals surface area contributed by atoms with Crippen molar-refractivity contribution in [2.45, 2.75) is 32.4 Å². The van der Waals surface area contributed by atoms with Crippen molar-refractivity contribution < 1.29 is 4.74 Å². The minimum absolute atomic E-state index is 0. The van der Waals surface area contributed by atoms with Crippen LogP contribution in [0.3, 0.4) is 0 Å². The molecule has 2 aromatic rings. The Morgan fingerprint density at radius 3 is 2.97 bits per heavy atom. The van der Waals surface area contributed by atoms with Gasteiger partial charge in [-0.25, -0.2) is 9.98 Å². The number of methoxy groups -OCH3 is 1. The van der Waals surface area contributed by atoms with E-state index in [9.17, 15) is 0 Å². The highest BCUT2D eigenvalue weighted by atomic mass is 127. The summed E-state index contributed by atoms with van der Waals surface area (Å²) in [4.78, 5) is 12.9. The molecule has 8 heteroatoms. The molecule has 160 valence electrons. The Balaban J connectivity index is 0.00000300. The highest BCUT2D eigenvalue weighted by Gasteiger charge is 2.31. The lowest BCUT2D eigenvalue weighted by Crippen LogP contribution is -2.44. The van der Waals surface area contributed by atoms with Gasteiger partial charge in [0.25, 0.3) is 0 Å². The Morgan fingerprint density at radius 1 is 1.38 bits per heavy atom. The van der Waals surface area contributed by atoms with Crippen LogP contribution in [0.4, 0.5) is 0 Å². The summed E-state index contributed by atoms with van der Waals surface area (Å²) in [5.41, 5.74) is 1.08. The zero-order valence-corrected chi connectivity index (χ0v) is 20.6. The molecule has 0 aliphatic carbocycles. The van der Waals surface area contributed by atoms with E-state index in [1.807, 2.05) is 23.5 Å². The van der Waals surface area contributed by atoms with Gasteiger partial charge in [0, 0.05) is 36.3 Å². The minimum atomic E-state index is 0. The summed E-state index contributed by atoms with van der Waals surface area (Å²) in [6.07, 6.45) is 4.24. The van der Waals surface area contributed by atoms with Crippen molar-refractivity contribution in [3.8, 4) is 5.88 Å². The monoisotopic (exact) mass is 529 g/mol. The van der Waals surface area contributed by atoms with E-state index in [0.717, 1.165) is 31.2 Å². The number of piperidine rings is 1. The van der Waals surface area contributed by atoms with E-state index < -0.39 is 0 Å². The number of ether oxygens (including phenoxy) is 1. The van der Waals surface area contributed by atoms with Gasteiger partial charge in [0.2, 0.25) is 5.88 Å². The molecular formula is C21H32IN5OS. The maximum absolute atomic E-state index is 5.20. The molecule has 0 aromatic carbocycles. The van der Waals surface area contributed by atoms with Crippen LogP contribution in [0.1, 0.15) is 36.2 Å². The van der Waals surface area contributed by atoms with E-state index in [2.05, 4.69) is 52.0 Å². The van der Waals surface area contributed by atoms with Gasteiger partial charge in [-0.15, -0.1) is 35.3 Å². The van der Waals surface area contributed by atoms with Crippen molar-refractivity contribution in [1.29, 1.82) is 0 Å². The molecule has 1 saturated heterocycles. The molecule has 6 nitrogen and oxygen atoms in total. The molecule has 3 rings (SSSR count). The largest absolute Gasteiger partial charge is 0.481 e. The van der Waals surface area contributed by atoms with Gasteiger partial charge in [-0.1, -0.05) is 6.07 Å². The van der Waals surface area contributed by atoms with Gasteiger partial charge in [-0.3, -0.25) is 4.90 Å². The molecule has 2 unspecified atom stereocenters. The number of hydrogen-bond acceptors (Lipinski definition) is 5. The van der Waals surface area contributed by atoms with Gasteiger partial charge in [-0.2, -0.15) is 0 Å². The quantitative estimate of drug-likeness (QED) is 0.324. The summed E-state index contributed by atoms with van der Waals surface area (Å²) in [6, 6.07) is 8.80. The molecule has 1 aliphatic heterocycles. The number of pyridine rings is 1. The number of likely N-dealkylation sites (tertiary alicyclic amines) is 1. The number of nitrogens with one attached hydrogen (secondary N) is 2. The average molecular weight is 529 g/mol. The van der Waals surface area contributed by atoms with E-state index in [1.165, 1.54) is 17.7 Å². The highest BCUT2D eigenvalue weighted by Crippen LogP contribution is 2.36. The van der Waals surface area contributed by atoms with Crippen LogP contribution >= 0.6 is 35.3 Å². The van der Waals surface area contributed by atoms with Crippen LogP contribution in [-0.2, 0) is 6.54 Å². The molecule has 2 N–H and O–H groups in total. The summed E-state index contributed by atoms with van der Waals surface area (Å²) in [6.45, 7) is 5.60. The van der Waals surface area contributed by atoms with E-state index in [4.69, 9.17) is 9.73 Å². The Labute approximate surface area is 195 Å². The maximum Gasteiger partial charge on any atom is 0.213 e. The van der Waals surface area contributed by atoms with Crippen LogP contribution in [0.2, 0.25) is 0 Å². The lowest BCUT2D eigenvalue weighted by molar-refractivity contribution is 0.125. The maximum atomic E-state index is 5.20. The number of halogens is 1. The first-order chi connectivity index (χ1) is 13.7. The van der Waals surface area contributed by atoms with Gasteiger partial charge < -0.3 is 15.4 Å². The summed E-state index contributed by atoms with van der Waals surface area (Å²) in [5, 5.41) is 9.11. The van der Waals surface area contributed by atoms with Crippen LogP contribution in [0.15, 0.2) is 40.8 Å². The molecule has 0 amide bonds. The molecule has 0 spiro atoms. The highest BCUT2D eigenvalue weighted by molar-refractivity contribution is 14.0. The Morgan fingerprint density at radius 2 is 2.24 bits per heavy atom. The average Bonchev–Trinajstić information content (AvgIpc) is 3.24. The molecule has 2 aromatic heterocycles. The number of hydrogen-bond donors (Lipinski definition) is 2. The summed E-state index contributed by atoms with van der Waals surface area (Å²) >= 11 is 1.86. The van der Waals surface area contributed by atoms with Crippen LogP contribution in [0.25, 0.3) is 0 Å². The van der Waals surface area contributed by atoms with Gasteiger partial charge >= 0.3 is 0 Å². The molecule has 1 aliphatic rings. The standard InChI is InChI=1S/C21H31N5OS.HI/c1-4-22-21(24-14-16-9-10-23-19(13-16)27-3)25-15-17-7-5-11-26(2)20(17)18-8-6-12-28-18;/h6,8-10,12-13,17,20H,4-5,7,11,14-15H2,1-3H3,(H2,22,24,25);1H. The van der Waals surface area contributed by atoms with Crippen molar-refractivity contribution in [2.75, 3.05) is 33.8 Å². The van der Waals surface area contributed by atoms with Crippen LogP contribution in [0.5, 0.6) is 5.88 Å². The van der Waals surface area contributed by atoms with Crippen molar-refractivity contribution in [1.82, 2.24) is 20.5 Å². The Hall–Kier alpha value is -1.39. The third kappa shape index (κ3) is 6.82. The summed E-state index contributed by atoms with van der Waals surface area (Å²) in [7, 11) is 3.87. The topological polar surface area (TPSA) is 61.8 Å². The van der Waals surface area contributed by atoms with Crippen molar-refractivity contribution in [3.05, 3.63) is 46.3 Å². The number of thiophene rings is 1. The third-order valence-electron chi connectivity index (χ3n) is 5.15. The summed E-state index contributed by atoms with van der Waals surface area (Å²) < 4.78 is 5.20. The Bertz CT molecular complexity index is 755. The smallest absolute Gasteiger partial charge is 0.213 e. The van der Waals surface area contributed by atoms with Gasteiger partial charge in [0.15, 0.2) is 5.96 Å². The molecule has 2 atom stereocenters. The van der Waals surface area contributed by atoms with E-state index >= 15 is 0 Å².